The maximum atomic E-state index is 13.1. The van der Waals surface area contributed by atoms with E-state index in [1.165, 1.54) is 21.6 Å². The fourth-order valence-electron chi connectivity index (χ4n) is 4.39. The highest BCUT2D eigenvalue weighted by atomic mass is 32.2. The number of benzene rings is 2. The van der Waals surface area contributed by atoms with E-state index in [-0.39, 0.29) is 24.7 Å². The SMILES string of the molecule is O=C(CSc1nnc(Cc2ccccc2)o1)N1CCN(S(=O)(=O)c2ccc3c(c2)CCC3)CC1. The number of aromatic nitrogens is 2. The molecule has 5 rings (SSSR count). The number of carbonyl (C=O) groups is 1. The van der Waals surface area contributed by atoms with Crippen molar-refractivity contribution >= 4 is 27.7 Å². The first-order valence-corrected chi connectivity index (χ1v) is 13.8. The Morgan fingerprint density at radius 3 is 2.53 bits per heavy atom. The van der Waals surface area contributed by atoms with Gasteiger partial charge < -0.3 is 9.32 Å². The Hall–Kier alpha value is -2.69. The summed E-state index contributed by atoms with van der Waals surface area (Å²) in [5, 5.41) is 8.43. The van der Waals surface area contributed by atoms with Crippen molar-refractivity contribution in [2.45, 2.75) is 35.8 Å². The quantitative estimate of drug-likeness (QED) is 0.462. The second-order valence-corrected chi connectivity index (χ2v) is 11.3. The molecule has 10 heteroatoms. The van der Waals surface area contributed by atoms with Crippen molar-refractivity contribution in [3.8, 4) is 0 Å². The van der Waals surface area contributed by atoms with E-state index in [4.69, 9.17) is 4.42 Å². The number of hydrogen-bond acceptors (Lipinski definition) is 7. The van der Waals surface area contributed by atoms with Crippen LogP contribution in [0.25, 0.3) is 0 Å². The second kappa shape index (κ2) is 9.89. The normalized spacial score (nSPS) is 16.5. The molecule has 1 saturated heterocycles. The van der Waals surface area contributed by atoms with Crippen LogP contribution in [-0.2, 0) is 34.1 Å². The third kappa shape index (κ3) is 5.03. The van der Waals surface area contributed by atoms with E-state index in [1.807, 2.05) is 42.5 Å². The zero-order chi connectivity index (χ0) is 23.5. The molecule has 8 nitrogen and oxygen atoms in total. The molecule has 0 N–H and O–H groups in total. The third-order valence-electron chi connectivity index (χ3n) is 6.26. The lowest BCUT2D eigenvalue weighted by Gasteiger charge is -2.34. The maximum absolute atomic E-state index is 13.1. The lowest BCUT2D eigenvalue weighted by molar-refractivity contribution is -0.129. The van der Waals surface area contributed by atoms with Crippen molar-refractivity contribution in [3.05, 3.63) is 71.1 Å². The lowest BCUT2D eigenvalue weighted by atomic mass is 10.1. The minimum Gasteiger partial charge on any atom is -0.416 e. The first kappa shape index (κ1) is 23.1. The van der Waals surface area contributed by atoms with E-state index >= 15 is 0 Å². The van der Waals surface area contributed by atoms with Gasteiger partial charge in [-0.05, 0) is 48.1 Å². The van der Waals surface area contributed by atoms with Gasteiger partial charge in [-0.15, -0.1) is 10.2 Å². The average Bonchev–Trinajstić information content (AvgIpc) is 3.52. The van der Waals surface area contributed by atoms with E-state index in [0.29, 0.717) is 35.5 Å². The molecular formula is C24H26N4O4S2. The molecule has 178 valence electrons. The van der Waals surface area contributed by atoms with E-state index in [2.05, 4.69) is 10.2 Å². The molecule has 0 unspecified atom stereocenters. The Morgan fingerprint density at radius 2 is 1.74 bits per heavy atom. The van der Waals surface area contributed by atoms with Crippen LogP contribution >= 0.6 is 11.8 Å². The van der Waals surface area contributed by atoms with E-state index in [9.17, 15) is 13.2 Å². The zero-order valence-electron chi connectivity index (χ0n) is 18.7. The highest BCUT2D eigenvalue weighted by Crippen LogP contribution is 2.27. The Morgan fingerprint density at radius 1 is 0.971 bits per heavy atom. The second-order valence-electron chi connectivity index (χ2n) is 8.48. The molecule has 0 atom stereocenters. The van der Waals surface area contributed by atoms with Crippen LogP contribution in [0.15, 0.2) is 63.1 Å². The van der Waals surface area contributed by atoms with Gasteiger partial charge in [0.05, 0.1) is 17.1 Å². The highest BCUT2D eigenvalue weighted by molar-refractivity contribution is 7.99. The van der Waals surface area contributed by atoms with Crippen molar-refractivity contribution in [2.24, 2.45) is 0 Å². The largest absolute Gasteiger partial charge is 0.416 e. The van der Waals surface area contributed by atoms with Crippen molar-refractivity contribution < 1.29 is 17.6 Å². The molecule has 1 aromatic heterocycles. The van der Waals surface area contributed by atoms with Gasteiger partial charge in [-0.25, -0.2) is 8.42 Å². The number of thioether (sulfide) groups is 1. The van der Waals surface area contributed by atoms with Crippen molar-refractivity contribution in [1.29, 1.82) is 0 Å². The number of fused-ring (bicyclic) bond motifs is 1. The Kier molecular flexibility index (Phi) is 6.71. The fourth-order valence-corrected chi connectivity index (χ4v) is 6.55. The molecule has 1 amide bonds. The van der Waals surface area contributed by atoms with Crippen LogP contribution in [-0.4, -0.2) is 65.7 Å². The predicted molar refractivity (Wildman–Crippen MR) is 128 cm³/mol. The average molecular weight is 499 g/mol. The summed E-state index contributed by atoms with van der Waals surface area (Å²) < 4.78 is 33.3. The summed E-state index contributed by atoms with van der Waals surface area (Å²) in [7, 11) is -3.55. The number of carbonyl (C=O) groups excluding carboxylic acids is 1. The van der Waals surface area contributed by atoms with Gasteiger partial charge in [0.25, 0.3) is 5.22 Å². The number of nitrogens with zero attached hydrogens (tertiary/aromatic N) is 4. The predicted octanol–water partition coefficient (Wildman–Crippen LogP) is 2.77. The minimum atomic E-state index is -3.55. The van der Waals surface area contributed by atoms with Gasteiger partial charge in [0, 0.05) is 26.2 Å². The van der Waals surface area contributed by atoms with Crippen molar-refractivity contribution in [3.63, 3.8) is 0 Å². The van der Waals surface area contributed by atoms with Gasteiger partial charge in [0.1, 0.15) is 0 Å². The molecule has 0 spiro atoms. The smallest absolute Gasteiger partial charge is 0.277 e. The molecule has 3 aromatic rings. The summed E-state index contributed by atoms with van der Waals surface area (Å²) >= 11 is 1.20. The standard InChI is InChI=1S/C24H26N4O4S2/c29-23(17-33-24-26-25-22(32-24)15-18-5-2-1-3-6-18)27-11-13-28(14-12-27)34(30,31)21-10-9-19-7-4-8-20(19)16-21/h1-3,5-6,9-10,16H,4,7-8,11-15,17H2. The molecule has 0 bridgehead atoms. The summed E-state index contributed by atoms with van der Waals surface area (Å²) in [5.74, 6) is 0.610. The maximum Gasteiger partial charge on any atom is 0.277 e. The van der Waals surface area contributed by atoms with E-state index in [1.54, 1.807) is 11.0 Å². The van der Waals surface area contributed by atoms with Gasteiger partial charge in [-0.3, -0.25) is 4.79 Å². The fraction of sp³-hybridized carbons (Fsp3) is 0.375. The van der Waals surface area contributed by atoms with Gasteiger partial charge >= 0.3 is 0 Å². The van der Waals surface area contributed by atoms with Gasteiger partial charge in [0.2, 0.25) is 21.8 Å². The molecule has 1 aliphatic heterocycles. The van der Waals surface area contributed by atoms with Crippen LogP contribution in [0.1, 0.15) is 29.0 Å². The first-order chi connectivity index (χ1) is 16.5. The molecule has 0 radical (unpaired) electrons. The number of aryl methyl sites for hydroxylation is 2. The van der Waals surface area contributed by atoms with Crippen molar-refractivity contribution in [2.75, 3.05) is 31.9 Å². The molecular weight excluding hydrogens is 472 g/mol. The van der Waals surface area contributed by atoms with Gasteiger partial charge in [-0.2, -0.15) is 4.31 Å². The summed E-state index contributed by atoms with van der Waals surface area (Å²) in [6.45, 7) is 1.31. The van der Waals surface area contributed by atoms with Gasteiger partial charge in [-0.1, -0.05) is 48.2 Å². The van der Waals surface area contributed by atoms with Gasteiger partial charge in [0.15, 0.2) is 0 Å². The Labute approximate surface area is 203 Å². The molecule has 0 saturated carbocycles. The number of piperazine rings is 1. The number of hydrogen-bond donors (Lipinski definition) is 0. The number of rotatable bonds is 7. The van der Waals surface area contributed by atoms with Crippen LogP contribution in [0.3, 0.4) is 0 Å². The summed E-state index contributed by atoms with van der Waals surface area (Å²) in [5.41, 5.74) is 3.46. The van der Waals surface area contributed by atoms with Crippen LogP contribution in [0.2, 0.25) is 0 Å². The molecule has 34 heavy (non-hydrogen) atoms. The Bertz CT molecular complexity index is 1270. The lowest BCUT2D eigenvalue weighted by Crippen LogP contribution is -2.51. The minimum absolute atomic E-state index is 0.0672. The zero-order valence-corrected chi connectivity index (χ0v) is 20.4. The summed E-state index contributed by atoms with van der Waals surface area (Å²) in [4.78, 5) is 14.7. The molecule has 1 fully saturated rings. The topological polar surface area (TPSA) is 96.6 Å². The molecule has 2 aromatic carbocycles. The monoisotopic (exact) mass is 498 g/mol. The van der Waals surface area contributed by atoms with E-state index in [0.717, 1.165) is 30.4 Å². The van der Waals surface area contributed by atoms with Crippen LogP contribution in [0.5, 0.6) is 0 Å². The van der Waals surface area contributed by atoms with Crippen LogP contribution in [0, 0.1) is 0 Å². The van der Waals surface area contributed by atoms with E-state index < -0.39 is 10.0 Å². The summed E-state index contributed by atoms with van der Waals surface area (Å²) in [6, 6.07) is 15.3. The summed E-state index contributed by atoms with van der Waals surface area (Å²) in [6.07, 6.45) is 3.58. The van der Waals surface area contributed by atoms with Crippen LogP contribution in [0.4, 0.5) is 0 Å². The van der Waals surface area contributed by atoms with Crippen LogP contribution < -0.4 is 0 Å². The molecule has 2 aliphatic rings. The van der Waals surface area contributed by atoms with Crippen molar-refractivity contribution in [1.82, 2.24) is 19.4 Å². The number of amides is 1. The Balaban J connectivity index is 1.12. The third-order valence-corrected chi connectivity index (χ3v) is 8.96. The highest BCUT2D eigenvalue weighted by Gasteiger charge is 2.31. The molecule has 2 heterocycles. The first-order valence-electron chi connectivity index (χ1n) is 11.4. The number of sulfonamides is 1. The molecule has 1 aliphatic carbocycles.